The second-order valence-corrected chi connectivity index (χ2v) is 25.0. The largest absolute Gasteiger partial charge is 0.505 e. The zero-order valence-electron chi connectivity index (χ0n) is 55.0. The molecule has 0 unspecified atom stereocenters. The molecule has 0 spiro atoms. The summed E-state index contributed by atoms with van der Waals surface area (Å²) in [5, 5.41) is 48.6. The summed E-state index contributed by atoms with van der Waals surface area (Å²) in [5.41, 5.74) is 3.51. The highest BCUT2D eigenvalue weighted by Crippen LogP contribution is 2.38. The Morgan fingerprint density at radius 1 is 0.436 bits per heavy atom. The average molecular weight is 1300 g/mol. The van der Waals surface area contributed by atoms with Gasteiger partial charge < -0.3 is 49.8 Å². The van der Waals surface area contributed by atoms with Crippen LogP contribution in [0.2, 0.25) is 0 Å². The Morgan fingerprint density at radius 3 is 1.06 bits per heavy atom. The molecule has 0 bridgehead atoms. The molecule has 0 aliphatic carbocycles. The fourth-order valence-corrected chi connectivity index (χ4v) is 10.5. The number of ether oxygens (including phenoxy) is 5. The minimum atomic E-state index is -0.692. The van der Waals surface area contributed by atoms with Crippen LogP contribution in [0.4, 0.5) is 14.4 Å². The van der Waals surface area contributed by atoms with Gasteiger partial charge in [0.15, 0.2) is 0 Å². The van der Waals surface area contributed by atoms with E-state index in [0.29, 0.717) is 148 Å². The summed E-state index contributed by atoms with van der Waals surface area (Å²) in [6, 6.07) is 22.0. The average Bonchev–Trinajstić information content (AvgIpc) is 1.65. The first-order chi connectivity index (χ1) is 45.0. The van der Waals surface area contributed by atoms with E-state index in [-0.39, 0.29) is 70.4 Å². The van der Waals surface area contributed by atoms with Gasteiger partial charge in [-0.05, 0) is 110 Å². The van der Waals surface area contributed by atoms with Crippen molar-refractivity contribution in [1.82, 2.24) is 59.6 Å². The van der Waals surface area contributed by atoms with Crippen LogP contribution in [0.3, 0.4) is 0 Å². The molecular weight excluding hydrogens is 1210 g/mol. The molecule has 3 heterocycles. The third kappa shape index (κ3) is 21.2. The number of benzene rings is 4. The highest BCUT2D eigenvalue weighted by molar-refractivity contribution is 5.75. The third-order valence-corrected chi connectivity index (χ3v) is 15.6. The Bertz CT molecular complexity index is 3600. The van der Waals surface area contributed by atoms with Crippen molar-refractivity contribution in [3.8, 4) is 22.9 Å². The number of aromatic nitrogens is 9. The lowest BCUT2D eigenvalue weighted by Crippen LogP contribution is -2.54. The van der Waals surface area contributed by atoms with E-state index in [9.17, 15) is 48.6 Å². The molecule has 4 aromatic carbocycles. The van der Waals surface area contributed by atoms with E-state index in [0.717, 1.165) is 31.2 Å². The summed E-state index contributed by atoms with van der Waals surface area (Å²) in [6.45, 7) is 12.5. The summed E-state index contributed by atoms with van der Waals surface area (Å²) in [6.07, 6.45) is 5.97. The predicted octanol–water partition coefficient (Wildman–Crippen LogP) is 8.49. The molecule has 27 nitrogen and oxygen atoms in total. The number of amides is 3. The Morgan fingerprint density at radius 2 is 0.745 bits per heavy atom. The normalized spacial score (nSPS) is 11.6. The van der Waals surface area contributed by atoms with Crippen molar-refractivity contribution in [3.63, 3.8) is 0 Å². The van der Waals surface area contributed by atoms with Crippen molar-refractivity contribution in [1.29, 1.82) is 0 Å². The Kier molecular flexibility index (Phi) is 26.7. The molecule has 508 valence electrons. The summed E-state index contributed by atoms with van der Waals surface area (Å²) in [5.74, 6) is -0.864. The van der Waals surface area contributed by atoms with Gasteiger partial charge in [0.25, 0.3) is 0 Å². The molecule has 0 aliphatic heterocycles. The van der Waals surface area contributed by atoms with Crippen molar-refractivity contribution >= 4 is 52.3 Å². The summed E-state index contributed by atoms with van der Waals surface area (Å²) < 4.78 is 29.0. The molecule has 0 saturated carbocycles. The van der Waals surface area contributed by atoms with Gasteiger partial charge in [-0.3, -0.25) is 9.59 Å². The lowest BCUT2D eigenvalue weighted by molar-refractivity contribution is -0.145. The standard InChI is InChI=1S/C67H90N12O15/c1-66(2,3)48-42-46(44-54(58(48)82)78-71-50-24-14-15-25-51(50)72-78)28-30-56(80)91-38-40-93-61(85)69-33-19-9-12-22-36-76-63(87)75(35-21-11-8-18-32-68-60(84)90-7)64(88)77(65(76)89)37-23-13-10-20-34-70-62(86)94-41-39-92-57(81)31-29-47-43-49(67(4,5)6)59(83)55(45-47)79-73-52-26-16-17-27-53(52)74-79/h14-17,24-27,42-45,82-83H,8-13,18-23,28-41H2,1-7H3,(H,68,84)(H,69,85)(H,70,86). The molecule has 7 rings (SSSR count). The zero-order valence-corrected chi connectivity index (χ0v) is 55.0. The number of carbonyl (C=O) groups is 5. The van der Waals surface area contributed by atoms with Crippen molar-refractivity contribution in [2.75, 3.05) is 53.2 Å². The Labute approximate surface area is 545 Å². The molecule has 3 aromatic heterocycles. The van der Waals surface area contributed by atoms with E-state index in [1.54, 1.807) is 12.1 Å². The number of nitrogens with one attached hydrogen (secondary N) is 3. The minimum Gasteiger partial charge on any atom is -0.505 e. The van der Waals surface area contributed by atoms with Gasteiger partial charge in [0, 0.05) is 63.2 Å². The lowest BCUT2D eigenvalue weighted by Gasteiger charge is -2.23. The number of hydrogen-bond acceptors (Lipinski definition) is 19. The first kappa shape index (κ1) is 71.9. The monoisotopic (exact) mass is 1300 g/mol. The number of phenolic OH excluding ortho intramolecular Hbond substituents is 2. The van der Waals surface area contributed by atoms with Gasteiger partial charge in [-0.15, -0.1) is 30.0 Å². The number of nitrogens with zero attached hydrogens (tertiary/aromatic N) is 9. The molecular formula is C67H90N12O15. The molecule has 94 heavy (non-hydrogen) atoms. The summed E-state index contributed by atoms with van der Waals surface area (Å²) in [7, 11) is 1.28. The first-order valence-corrected chi connectivity index (χ1v) is 32.3. The van der Waals surface area contributed by atoms with E-state index in [2.05, 4.69) is 41.1 Å². The molecule has 0 saturated heterocycles. The molecule has 0 atom stereocenters. The van der Waals surface area contributed by atoms with Crippen LogP contribution in [0.1, 0.15) is 154 Å². The Balaban J connectivity index is 0.782. The number of aromatic hydroxyl groups is 2. The summed E-state index contributed by atoms with van der Waals surface area (Å²) in [4.78, 5) is 106. The first-order valence-electron chi connectivity index (χ1n) is 32.3. The highest BCUT2D eigenvalue weighted by atomic mass is 16.6. The number of esters is 2. The zero-order chi connectivity index (χ0) is 67.8. The number of alkyl carbamates (subject to hydrolysis) is 3. The maximum Gasteiger partial charge on any atom is 0.407 e. The van der Waals surface area contributed by atoms with Gasteiger partial charge in [0.2, 0.25) is 0 Å². The van der Waals surface area contributed by atoms with E-state index in [1.807, 2.05) is 102 Å². The van der Waals surface area contributed by atoms with Gasteiger partial charge in [-0.1, -0.05) is 116 Å². The van der Waals surface area contributed by atoms with Crippen LogP contribution in [0.5, 0.6) is 11.5 Å². The molecule has 3 amide bonds. The number of fused-ring (bicyclic) bond motifs is 2. The highest BCUT2D eigenvalue weighted by Gasteiger charge is 2.26. The summed E-state index contributed by atoms with van der Waals surface area (Å²) >= 11 is 0. The number of carbonyl (C=O) groups excluding carboxylic acids is 5. The number of aryl methyl sites for hydroxylation is 2. The smallest absolute Gasteiger partial charge is 0.407 e. The fraction of sp³-hybridized carbons (Fsp3) is 0.522. The number of rotatable bonds is 35. The van der Waals surface area contributed by atoms with Crippen molar-refractivity contribution in [2.45, 2.75) is 175 Å². The van der Waals surface area contributed by atoms with Crippen LogP contribution in [0, 0.1) is 0 Å². The molecule has 0 fully saturated rings. The van der Waals surface area contributed by atoms with Crippen molar-refractivity contribution < 1.29 is 57.9 Å². The van der Waals surface area contributed by atoms with Crippen molar-refractivity contribution in [3.05, 3.63) is 127 Å². The number of hydrogen-bond donors (Lipinski definition) is 5. The van der Waals surface area contributed by atoms with E-state index in [1.165, 1.54) is 16.7 Å². The second kappa shape index (κ2) is 34.9. The number of methoxy groups -OCH3 is 1. The van der Waals surface area contributed by atoms with Gasteiger partial charge in [-0.2, -0.15) is 0 Å². The SMILES string of the molecule is COC(=O)NCCCCCCn1c(=O)n(CCCCCCNC(=O)OCCOC(=O)CCc2cc(-n3nc4ccccc4n3)c(O)c(C(C)(C)C)c2)c(=O)n(CCCCCCNC(=O)OCCOC(=O)CCc2cc(-n3nc4ccccc4n3)c(O)c(C(C)(C)C)c2)c1=O. The van der Waals surface area contributed by atoms with E-state index >= 15 is 0 Å². The van der Waals surface area contributed by atoms with Crippen LogP contribution >= 0.6 is 0 Å². The van der Waals surface area contributed by atoms with E-state index < -0.39 is 58.1 Å². The molecule has 5 N–H and O–H groups in total. The third-order valence-electron chi connectivity index (χ3n) is 15.6. The van der Waals surface area contributed by atoms with Gasteiger partial charge in [0.05, 0.1) is 7.11 Å². The number of unbranched alkanes of at least 4 members (excludes halogenated alkanes) is 9. The van der Waals surface area contributed by atoms with Gasteiger partial charge in [0.1, 0.15) is 71.4 Å². The lowest BCUT2D eigenvalue weighted by atomic mass is 9.84. The van der Waals surface area contributed by atoms with Crippen LogP contribution in [0.15, 0.2) is 87.2 Å². The Hall–Kier alpha value is -9.56. The maximum absolute atomic E-state index is 13.8. The maximum atomic E-state index is 13.8. The van der Waals surface area contributed by atoms with E-state index in [4.69, 9.17) is 18.9 Å². The minimum absolute atomic E-state index is 0.0417. The molecule has 0 radical (unpaired) electrons. The van der Waals surface area contributed by atoms with Crippen LogP contribution < -0.4 is 33.0 Å². The topological polar surface area (TPSA) is 335 Å². The van der Waals surface area contributed by atoms with Crippen LogP contribution in [-0.2, 0) is 76.6 Å². The van der Waals surface area contributed by atoms with Crippen molar-refractivity contribution in [2.24, 2.45) is 0 Å². The quantitative estimate of drug-likeness (QED) is 0.0141. The molecule has 27 heteroatoms. The van der Waals surface area contributed by atoms with Crippen LogP contribution in [0.25, 0.3) is 33.4 Å². The number of phenols is 2. The predicted molar refractivity (Wildman–Crippen MR) is 351 cm³/mol. The fourth-order valence-electron chi connectivity index (χ4n) is 10.5. The molecule has 7 aromatic rings. The molecule has 0 aliphatic rings. The second-order valence-electron chi connectivity index (χ2n) is 25.0. The van der Waals surface area contributed by atoms with Crippen LogP contribution in [-0.4, -0.2) is 137 Å². The van der Waals surface area contributed by atoms with Gasteiger partial charge >= 0.3 is 47.3 Å². The van der Waals surface area contributed by atoms with Gasteiger partial charge in [-0.25, -0.2) is 42.5 Å².